The van der Waals surface area contributed by atoms with Gasteiger partial charge in [0.25, 0.3) is 0 Å². The Labute approximate surface area is 282 Å². The molecule has 0 heterocycles. The maximum atomic E-state index is 13.5. The molecule has 0 bridgehead atoms. The third-order valence-electron chi connectivity index (χ3n) is 7.45. The Balaban J connectivity index is 1.62. The molecule has 0 aliphatic heterocycles. The highest BCUT2D eigenvalue weighted by molar-refractivity contribution is 5.86. The molecule has 0 aromatic heterocycles. The number of aliphatic hydroxyl groups is 1. The van der Waals surface area contributed by atoms with Crippen molar-refractivity contribution in [1.82, 2.24) is 16.0 Å². The molecule has 3 aromatic carbocycles. The number of nitrogens with one attached hydrogen (secondary N) is 3. The van der Waals surface area contributed by atoms with E-state index in [4.69, 9.17) is 9.47 Å². The molecule has 3 rings (SSSR count). The number of carbonyl (C=O) groups is 4. The van der Waals surface area contributed by atoms with Gasteiger partial charge in [-0.25, -0.2) is 9.59 Å². The molecule has 3 amide bonds. The summed E-state index contributed by atoms with van der Waals surface area (Å²) in [5, 5.41) is 18.1. The molecule has 4 N–H and O–H groups in total. The van der Waals surface area contributed by atoms with E-state index < -0.39 is 42.0 Å². The minimum Gasteiger partial charge on any atom is -0.462 e. The summed E-state index contributed by atoms with van der Waals surface area (Å²) < 4.78 is 10.9. The second-order valence-electron chi connectivity index (χ2n) is 11.4. The van der Waals surface area contributed by atoms with Gasteiger partial charge in [-0.1, -0.05) is 103 Å². The maximum absolute atomic E-state index is 13.5. The molecule has 3 aromatic rings. The van der Waals surface area contributed by atoms with Gasteiger partial charge in [0.1, 0.15) is 19.3 Å². The van der Waals surface area contributed by atoms with Crippen molar-refractivity contribution in [2.24, 2.45) is 5.92 Å². The van der Waals surface area contributed by atoms with E-state index in [1.807, 2.05) is 91.0 Å². The van der Waals surface area contributed by atoms with E-state index in [2.05, 4.69) is 29.1 Å². The van der Waals surface area contributed by atoms with E-state index in [9.17, 15) is 24.3 Å². The number of rotatable bonds is 20. The lowest BCUT2D eigenvalue weighted by atomic mass is 9.98. The van der Waals surface area contributed by atoms with Gasteiger partial charge in [0.05, 0.1) is 24.6 Å². The standard InChI is InChI=1S/C38H45N3O7/c1-3-14-31(24-35(43)39-32(25-42)22-28-16-8-5-9-17-28)36(44)40-33(23-29-18-10-6-11-19-29)27-47-37(45)34(15-4-2)41-38(46)48-26-30-20-12-7-13-21-30/h3-13,16-21,31-34,42H,1-2,14-15,22-27H2,(H,39,43)(H,40,44)(H,41,46). The average molecular weight is 656 g/mol. The Bertz CT molecular complexity index is 1450. The lowest BCUT2D eigenvalue weighted by molar-refractivity contribution is -0.147. The zero-order chi connectivity index (χ0) is 34.6. The van der Waals surface area contributed by atoms with Crippen molar-refractivity contribution < 1.29 is 33.8 Å². The highest BCUT2D eigenvalue weighted by Crippen LogP contribution is 2.13. The molecule has 0 saturated heterocycles. The molecule has 0 fully saturated rings. The number of ether oxygens (including phenoxy) is 2. The van der Waals surface area contributed by atoms with Crippen LogP contribution in [0.3, 0.4) is 0 Å². The molecule has 4 unspecified atom stereocenters. The first-order chi connectivity index (χ1) is 23.3. The quantitative estimate of drug-likeness (QED) is 0.104. The van der Waals surface area contributed by atoms with E-state index in [1.165, 1.54) is 6.08 Å². The summed E-state index contributed by atoms with van der Waals surface area (Å²) >= 11 is 0. The van der Waals surface area contributed by atoms with Crippen LogP contribution in [-0.2, 0) is 43.3 Å². The van der Waals surface area contributed by atoms with Crippen molar-refractivity contribution in [1.29, 1.82) is 0 Å². The Morgan fingerprint density at radius 3 is 1.77 bits per heavy atom. The van der Waals surface area contributed by atoms with E-state index in [1.54, 1.807) is 6.08 Å². The van der Waals surface area contributed by atoms with Crippen molar-refractivity contribution in [3.05, 3.63) is 133 Å². The molecule has 10 nitrogen and oxygen atoms in total. The highest BCUT2D eigenvalue weighted by Gasteiger charge is 2.27. The van der Waals surface area contributed by atoms with Gasteiger partial charge in [0.2, 0.25) is 11.8 Å². The summed E-state index contributed by atoms with van der Waals surface area (Å²) in [5.74, 6) is -2.25. The van der Waals surface area contributed by atoms with Crippen LogP contribution in [0.25, 0.3) is 0 Å². The minimum atomic E-state index is -1.05. The van der Waals surface area contributed by atoms with Gasteiger partial charge in [-0.15, -0.1) is 13.2 Å². The fourth-order valence-electron chi connectivity index (χ4n) is 4.99. The smallest absolute Gasteiger partial charge is 0.408 e. The molecular weight excluding hydrogens is 610 g/mol. The van der Waals surface area contributed by atoms with Crippen molar-refractivity contribution in [3.8, 4) is 0 Å². The van der Waals surface area contributed by atoms with Crippen molar-refractivity contribution in [3.63, 3.8) is 0 Å². The molecule has 10 heteroatoms. The molecule has 4 atom stereocenters. The largest absolute Gasteiger partial charge is 0.462 e. The zero-order valence-corrected chi connectivity index (χ0v) is 27.1. The number of alkyl carbamates (subject to hydrolysis) is 1. The van der Waals surface area contributed by atoms with Gasteiger partial charge in [-0.3, -0.25) is 9.59 Å². The van der Waals surface area contributed by atoms with E-state index in [0.717, 1.165) is 16.7 Å². The average Bonchev–Trinajstić information content (AvgIpc) is 3.10. The van der Waals surface area contributed by atoms with Crippen LogP contribution in [-0.4, -0.2) is 60.3 Å². The summed E-state index contributed by atoms with van der Waals surface area (Å²) in [5.41, 5.74) is 2.65. The van der Waals surface area contributed by atoms with Crippen molar-refractivity contribution >= 4 is 23.9 Å². The lowest BCUT2D eigenvalue weighted by Gasteiger charge is -2.24. The Kier molecular flexibility index (Phi) is 16.1. The Morgan fingerprint density at radius 1 is 0.688 bits per heavy atom. The molecule has 48 heavy (non-hydrogen) atoms. The Hall–Kier alpha value is -5.22. The number of hydrogen-bond donors (Lipinski definition) is 4. The molecule has 0 spiro atoms. The fraction of sp³-hybridized carbons (Fsp3) is 0.316. The zero-order valence-electron chi connectivity index (χ0n) is 27.1. The van der Waals surface area contributed by atoms with E-state index >= 15 is 0 Å². The second kappa shape index (κ2) is 20.8. The van der Waals surface area contributed by atoms with Crippen LogP contribution in [0.5, 0.6) is 0 Å². The fourth-order valence-corrected chi connectivity index (χ4v) is 4.99. The van der Waals surface area contributed by atoms with E-state index in [-0.39, 0.29) is 45.0 Å². The van der Waals surface area contributed by atoms with Gasteiger partial charge in [-0.05, 0) is 42.4 Å². The number of allylic oxidation sites excluding steroid dienone is 1. The SMILES string of the molecule is C=CCC(CC(=O)NC(CO)Cc1ccccc1)C(=O)NC(COC(=O)C(CC=C)NC(=O)OCc1ccccc1)Cc1ccccc1. The molecule has 0 saturated carbocycles. The highest BCUT2D eigenvalue weighted by atomic mass is 16.6. The number of aliphatic hydroxyl groups excluding tert-OH is 1. The van der Waals surface area contributed by atoms with Crippen LogP contribution < -0.4 is 16.0 Å². The van der Waals surface area contributed by atoms with Crippen molar-refractivity contribution in [2.45, 2.75) is 56.8 Å². The summed E-state index contributed by atoms with van der Waals surface area (Å²) in [4.78, 5) is 52.0. The molecular formula is C38H45N3O7. The van der Waals surface area contributed by atoms with Gasteiger partial charge in [0.15, 0.2) is 0 Å². The summed E-state index contributed by atoms with van der Waals surface area (Å²) in [6.45, 7) is 7.00. The number of benzene rings is 3. The minimum absolute atomic E-state index is 0.0330. The number of carbonyl (C=O) groups excluding carboxylic acids is 4. The van der Waals surface area contributed by atoms with Gasteiger partial charge in [0, 0.05) is 6.42 Å². The van der Waals surface area contributed by atoms with Crippen LogP contribution in [0.15, 0.2) is 116 Å². The topological polar surface area (TPSA) is 143 Å². The summed E-state index contributed by atoms with van der Waals surface area (Å²) in [6.07, 6.45) is 3.26. The first-order valence-corrected chi connectivity index (χ1v) is 15.9. The van der Waals surface area contributed by atoms with E-state index in [0.29, 0.717) is 12.8 Å². The van der Waals surface area contributed by atoms with Crippen LogP contribution in [0.2, 0.25) is 0 Å². The predicted octanol–water partition coefficient (Wildman–Crippen LogP) is 4.43. The third-order valence-corrected chi connectivity index (χ3v) is 7.45. The maximum Gasteiger partial charge on any atom is 0.408 e. The van der Waals surface area contributed by atoms with Gasteiger partial charge >= 0.3 is 12.1 Å². The normalized spacial score (nSPS) is 13.1. The summed E-state index contributed by atoms with van der Waals surface area (Å²) in [6, 6.07) is 25.8. The van der Waals surface area contributed by atoms with Crippen LogP contribution in [0.4, 0.5) is 4.79 Å². The van der Waals surface area contributed by atoms with Gasteiger partial charge < -0.3 is 30.5 Å². The molecule has 0 aliphatic carbocycles. The first-order valence-electron chi connectivity index (χ1n) is 15.9. The monoisotopic (exact) mass is 655 g/mol. The number of amides is 3. The van der Waals surface area contributed by atoms with Crippen LogP contribution in [0, 0.1) is 5.92 Å². The first kappa shape index (κ1) is 37.2. The summed E-state index contributed by atoms with van der Waals surface area (Å²) in [7, 11) is 0. The third kappa shape index (κ3) is 13.6. The van der Waals surface area contributed by atoms with Gasteiger partial charge in [-0.2, -0.15) is 0 Å². The Morgan fingerprint density at radius 2 is 1.23 bits per heavy atom. The molecule has 0 radical (unpaired) electrons. The number of hydrogen-bond acceptors (Lipinski definition) is 7. The van der Waals surface area contributed by atoms with Crippen molar-refractivity contribution in [2.75, 3.05) is 13.2 Å². The van der Waals surface area contributed by atoms with Crippen LogP contribution >= 0.6 is 0 Å². The van der Waals surface area contributed by atoms with Crippen LogP contribution in [0.1, 0.15) is 36.0 Å². The number of esters is 1. The predicted molar refractivity (Wildman–Crippen MR) is 183 cm³/mol. The second-order valence-corrected chi connectivity index (χ2v) is 11.4. The molecule has 0 aliphatic rings. The molecule has 254 valence electrons. The lowest BCUT2D eigenvalue weighted by Crippen LogP contribution is -2.47.